The van der Waals surface area contributed by atoms with Gasteiger partial charge in [-0.15, -0.1) is 0 Å². The Morgan fingerprint density at radius 3 is 2.16 bits per heavy atom. The molecule has 0 radical (unpaired) electrons. The molecule has 1 aromatic heterocycles. The van der Waals surface area contributed by atoms with Crippen LogP contribution in [0.15, 0.2) is 48.5 Å². The maximum Gasteiger partial charge on any atom is 0.424 e. The number of aromatic nitrogens is 1. The molecule has 0 saturated heterocycles. The SMILES string of the molecule is Cc1cc2cc([N+](=O)[O-])ccc2n1C(=O)Oc1ccc([N+](=O)[O-])cc1. The van der Waals surface area contributed by atoms with E-state index in [1.54, 1.807) is 13.0 Å². The molecular weight excluding hydrogens is 330 g/mol. The van der Waals surface area contributed by atoms with Crippen molar-refractivity contribution >= 4 is 28.4 Å². The van der Waals surface area contributed by atoms with Gasteiger partial charge in [0.2, 0.25) is 0 Å². The summed E-state index contributed by atoms with van der Waals surface area (Å²) in [5.41, 5.74) is 0.820. The molecule has 9 heteroatoms. The average molecular weight is 341 g/mol. The maximum absolute atomic E-state index is 12.4. The van der Waals surface area contributed by atoms with E-state index in [4.69, 9.17) is 4.74 Å². The second-order valence-corrected chi connectivity index (χ2v) is 5.24. The summed E-state index contributed by atoms with van der Waals surface area (Å²) in [7, 11) is 0. The molecule has 0 aliphatic heterocycles. The van der Waals surface area contributed by atoms with Crippen LogP contribution in [-0.4, -0.2) is 20.5 Å². The number of nitro benzene ring substituents is 2. The molecular formula is C16H11N3O6. The van der Waals surface area contributed by atoms with Crippen LogP contribution in [0.3, 0.4) is 0 Å². The van der Waals surface area contributed by atoms with E-state index in [-0.39, 0.29) is 17.1 Å². The van der Waals surface area contributed by atoms with E-state index >= 15 is 0 Å². The highest BCUT2D eigenvalue weighted by Crippen LogP contribution is 2.25. The third-order valence-corrected chi connectivity index (χ3v) is 3.62. The standard InChI is InChI=1S/C16H11N3O6/c1-10-8-11-9-13(19(23)24)4-7-15(11)17(10)16(20)25-14-5-2-12(3-6-14)18(21)22/h2-9H,1H3. The number of nitro groups is 2. The lowest BCUT2D eigenvalue weighted by molar-refractivity contribution is -0.385. The maximum atomic E-state index is 12.4. The van der Waals surface area contributed by atoms with E-state index in [0.29, 0.717) is 16.6 Å². The van der Waals surface area contributed by atoms with Crippen LogP contribution in [0.5, 0.6) is 5.75 Å². The molecule has 2 aromatic carbocycles. The van der Waals surface area contributed by atoms with Gasteiger partial charge in [-0.1, -0.05) is 0 Å². The molecule has 0 fully saturated rings. The van der Waals surface area contributed by atoms with Crippen molar-refractivity contribution in [2.45, 2.75) is 6.92 Å². The predicted molar refractivity (Wildman–Crippen MR) is 87.8 cm³/mol. The number of ether oxygens (including phenoxy) is 1. The number of hydrogen-bond donors (Lipinski definition) is 0. The molecule has 25 heavy (non-hydrogen) atoms. The van der Waals surface area contributed by atoms with Crippen molar-refractivity contribution in [1.82, 2.24) is 4.57 Å². The third kappa shape index (κ3) is 3.02. The Hall–Kier alpha value is -3.75. The van der Waals surface area contributed by atoms with Crippen LogP contribution in [0, 0.1) is 27.2 Å². The summed E-state index contributed by atoms with van der Waals surface area (Å²) in [5, 5.41) is 22.0. The van der Waals surface area contributed by atoms with Crippen LogP contribution < -0.4 is 4.74 Å². The average Bonchev–Trinajstić information content (AvgIpc) is 2.90. The first-order valence-corrected chi connectivity index (χ1v) is 7.10. The van der Waals surface area contributed by atoms with Crippen molar-refractivity contribution in [3.8, 4) is 5.75 Å². The minimum atomic E-state index is -0.713. The normalized spacial score (nSPS) is 10.6. The van der Waals surface area contributed by atoms with Crippen LogP contribution in [0.4, 0.5) is 16.2 Å². The topological polar surface area (TPSA) is 118 Å². The Labute approximate surface area is 140 Å². The second-order valence-electron chi connectivity index (χ2n) is 5.24. The summed E-state index contributed by atoms with van der Waals surface area (Å²) >= 11 is 0. The number of benzene rings is 2. The van der Waals surface area contributed by atoms with Gasteiger partial charge in [0, 0.05) is 35.3 Å². The number of carbonyl (C=O) groups is 1. The molecule has 3 aromatic rings. The fourth-order valence-electron chi connectivity index (χ4n) is 2.48. The van der Waals surface area contributed by atoms with Gasteiger partial charge >= 0.3 is 6.09 Å². The van der Waals surface area contributed by atoms with Crippen LogP contribution in [-0.2, 0) is 0 Å². The Bertz CT molecular complexity index is 1010. The van der Waals surface area contributed by atoms with Gasteiger partial charge in [-0.05, 0) is 31.2 Å². The van der Waals surface area contributed by atoms with E-state index < -0.39 is 15.9 Å². The zero-order valence-electron chi connectivity index (χ0n) is 12.9. The highest BCUT2D eigenvalue weighted by Gasteiger charge is 2.17. The van der Waals surface area contributed by atoms with Crippen LogP contribution >= 0.6 is 0 Å². The van der Waals surface area contributed by atoms with Gasteiger partial charge in [0.1, 0.15) is 5.75 Å². The van der Waals surface area contributed by atoms with Gasteiger partial charge in [0.15, 0.2) is 0 Å². The highest BCUT2D eigenvalue weighted by molar-refractivity contribution is 5.92. The molecule has 3 rings (SSSR count). The zero-order valence-corrected chi connectivity index (χ0v) is 12.9. The summed E-state index contributed by atoms with van der Waals surface area (Å²) in [6.45, 7) is 1.67. The first kappa shape index (κ1) is 16.1. The van der Waals surface area contributed by atoms with Gasteiger partial charge in [-0.25, -0.2) is 9.36 Å². The highest BCUT2D eigenvalue weighted by atomic mass is 16.6. The molecule has 0 N–H and O–H groups in total. The van der Waals surface area contributed by atoms with E-state index in [0.717, 1.165) is 0 Å². The molecule has 126 valence electrons. The second kappa shape index (κ2) is 6.04. The van der Waals surface area contributed by atoms with Crippen molar-refractivity contribution in [2.24, 2.45) is 0 Å². The molecule has 0 unspecified atom stereocenters. The van der Waals surface area contributed by atoms with Gasteiger partial charge in [-0.2, -0.15) is 0 Å². The smallest absolute Gasteiger partial charge is 0.410 e. The number of carbonyl (C=O) groups excluding carboxylic acids is 1. The number of rotatable bonds is 3. The lowest BCUT2D eigenvalue weighted by Crippen LogP contribution is -2.17. The van der Waals surface area contributed by atoms with Gasteiger partial charge in [0.05, 0.1) is 15.4 Å². The van der Waals surface area contributed by atoms with Crippen LogP contribution in [0.25, 0.3) is 10.9 Å². The number of non-ortho nitro benzene ring substituents is 2. The van der Waals surface area contributed by atoms with Crippen molar-refractivity contribution in [1.29, 1.82) is 0 Å². The largest absolute Gasteiger partial charge is 0.424 e. The predicted octanol–water partition coefficient (Wildman–Crippen LogP) is 3.81. The molecule has 0 atom stereocenters. The molecule has 0 spiro atoms. The first-order valence-electron chi connectivity index (χ1n) is 7.10. The minimum Gasteiger partial charge on any atom is -0.410 e. The quantitative estimate of drug-likeness (QED) is 0.528. The fourth-order valence-corrected chi connectivity index (χ4v) is 2.48. The van der Waals surface area contributed by atoms with Crippen molar-refractivity contribution in [3.63, 3.8) is 0 Å². The summed E-state index contributed by atoms with van der Waals surface area (Å²) in [5.74, 6) is 0.152. The molecule has 0 saturated carbocycles. The Balaban J connectivity index is 1.92. The first-order chi connectivity index (χ1) is 11.9. The monoisotopic (exact) mass is 341 g/mol. The molecule has 0 amide bonds. The number of nitrogens with zero attached hydrogens (tertiary/aromatic N) is 3. The van der Waals surface area contributed by atoms with E-state index in [1.165, 1.54) is 47.0 Å². The zero-order chi connectivity index (χ0) is 18.1. The van der Waals surface area contributed by atoms with Gasteiger partial charge in [0.25, 0.3) is 11.4 Å². The Kier molecular flexibility index (Phi) is 3.89. The Morgan fingerprint density at radius 1 is 0.960 bits per heavy atom. The minimum absolute atomic E-state index is 0.0756. The molecule has 0 aliphatic carbocycles. The lowest BCUT2D eigenvalue weighted by atomic mass is 10.2. The summed E-state index contributed by atoms with van der Waals surface area (Å²) in [6, 6.07) is 10.9. The fraction of sp³-hybridized carbons (Fsp3) is 0.0625. The van der Waals surface area contributed by atoms with Crippen LogP contribution in [0.2, 0.25) is 0 Å². The molecule has 0 bridgehead atoms. The Morgan fingerprint density at radius 2 is 1.56 bits per heavy atom. The van der Waals surface area contributed by atoms with E-state index in [2.05, 4.69) is 0 Å². The summed E-state index contributed by atoms with van der Waals surface area (Å²) in [4.78, 5) is 32.8. The number of aryl methyl sites for hydroxylation is 1. The molecule has 9 nitrogen and oxygen atoms in total. The van der Waals surface area contributed by atoms with Crippen LogP contribution in [0.1, 0.15) is 5.69 Å². The third-order valence-electron chi connectivity index (χ3n) is 3.62. The van der Waals surface area contributed by atoms with Crippen molar-refractivity contribution < 1.29 is 19.4 Å². The van der Waals surface area contributed by atoms with E-state index in [9.17, 15) is 25.0 Å². The molecule has 0 aliphatic rings. The van der Waals surface area contributed by atoms with Gasteiger partial charge < -0.3 is 4.74 Å². The number of fused-ring (bicyclic) bond motifs is 1. The molecule has 1 heterocycles. The van der Waals surface area contributed by atoms with Gasteiger partial charge in [-0.3, -0.25) is 20.2 Å². The summed E-state index contributed by atoms with van der Waals surface area (Å²) < 4.78 is 6.51. The van der Waals surface area contributed by atoms with E-state index in [1.807, 2.05) is 0 Å². The summed E-state index contributed by atoms with van der Waals surface area (Å²) in [6.07, 6.45) is -0.713. The number of hydrogen-bond acceptors (Lipinski definition) is 6. The van der Waals surface area contributed by atoms with Crippen molar-refractivity contribution in [3.05, 3.63) is 74.5 Å². The van der Waals surface area contributed by atoms with Crippen molar-refractivity contribution in [2.75, 3.05) is 0 Å². The lowest BCUT2D eigenvalue weighted by Gasteiger charge is -2.08.